The second-order valence-corrected chi connectivity index (χ2v) is 10.8. The van der Waals surface area contributed by atoms with E-state index in [9.17, 15) is 24.9 Å². The number of aliphatic hydroxyl groups is 1. The Bertz CT molecular complexity index is 1120. The summed E-state index contributed by atoms with van der Waals surface area (Å²) < 4.78 is 17.8. The Labute approximate surface area is 267 Å². The fourth-order valence-electron chi connectivity index (χ4n) is 5.06. The first kappa shape index (κ1) is 38.2. The van der Waals surface area contributed by atoms with Crippen LogP contribution >= 0.6 is 0 Å². The molecule has 0 aliphatic rings. The van der Waals surface area contributed by atoms with Gasteiger partial charge >= 0.3 is 11.9 Å². The highest BCUT2D eigenvalue weighted by molar-refractivity contribution is 5.85. The van der Waals surface area contributed by atoms with E-state index in [1.807, 2.05) is 12.1 Å². The number of nitrogens with zero attached hydrogens (tertiary/aromatic N) is 4. The van der Waals surface area contributed by atoms with Crippen molar-refractivity contribution >= 4 is 11.9 Å². The molecule has 252 valence electrons. The Morgan fingerprint density at radius 3 is 2.02 bits per heavy atom. The Balaban J connectivity index is 1.83. The van der Waals surface area contributed by atoms with Gasteiger partial charge in [0.1, 0.15) is 11.4 Å². The maximum absolute atomic E-state index is 11.4. The predicted octanol–water partition coefficient (Wildman–Crippen LogP) is 4.14. The van der Waals surface area contributed by atoms with Crippen molar-refractivity contribution < 1.29 is 39.1 Å². The molecule has 45 heavy (non-hydrogen) atoms. The minimum atomic E-state index is -1.07. The highest BCUT2D eigenvalue weighted by atomic mass is 16.5. The van der Waals surface area contributed by atoms with Crippen LogP contribution in [0.1, 0.15) is 91.3 Å². The molecule has 0 radical (unpaired) electrons. The first-order valence-electron chi connectivity index (χ1n) is 16.1. The third-order valence-electron chi connectivity index (χ3n) is 7.41. The number of pyridine rings is 2. The average molecular weight is 633 g/mol. The number of carbonyl (C=O) groups is 2. The summed E-state index contributed by atoms with van der Waals surface area (Å²) in [6.07, 6.45) is 4.94. The van der Waals surface area contributed by atoms with Gasteiger partial charge in [-0.15, -0.1) is 0 Å². The van der Waals surface area contributed by atoms with Crippen LogP contribution in [0.25, 0.3) is 0 Å². The van der Waals surface area contributed by atoms with Crippen molar-refractivity contribution in [1.82, 2.24) is 19.8 Å². The quantitative estimate of drug-likeness (QED) is 0.128. The van der Waals surface area contributed by atoms with Gasteiger partial charge in [0, 0.05) is 32.7 Å². The molecule has 0 amide bonds. The smallest absolute Gasteiger partial charge is 0.354 e. The van der Waals surface area contributed by atoms with Gasteiger partial charge in [-0.3, -0.25) is 9.80 Å². The second-order valence-electron chi connectivity index (χ2n) is 10.8. The van der Waals surface area contributed by atoms with Gasteiger partial charge < -0.3 is 29.5 Å². The van der Waals surface area contributed by atoms with E-state index in [0.717, 1.165) is 32.1 Å². The summed E-state index contributed by atoms with van der Waals surface area (Å²) in [7, 11) is 0. The molecule has 0 saturated heterocycles. The molecule has 0 aromatic carbocycles. The molecular formula is C33H52N4O8. The van der Waals surface area contributed by atoms with E-state index < -0.39 is 11.9 Å². The summed E-state index contributed by atoms with van der Waals surface area (Å²) in [6.45, 7) is 11.3. The molecule has 3 N–H and O–H groups in total. The average Bonchev–Trinajstić information content (AvgIpc) is 3.04. The molecule has 0 bridgehead atoms. The van der Waals surface area contributed by atoms with Crippen molar-refractivity contribution in [3.8, 4) is 0 Å². The molecule has 2 aromatic rings. The van der Waals surface area contributed by atoms with Crippen molar-refractivity contribution in [2.75, 3.05) is 65.8 Å². The maximum Gasteiger partial charge on any atom is 0.354 e. The van der Waals surface area contributed by atoms with Crippen LogP contribution in [0.4, 0.5) is 0 Å². The number of aliphatic hydroxyl groups excluding tert-OH is 1. The highest BCUT2D eigenvalue weighted by Crippen LogP contribution is 2.24. The lowest BCUT2D eigenvalue weighted by Crippen LogP contribution is -2.35. The minimum absolute atomic E-state index is 0.00346. The van der Waals surface area contributed by atoms with Crippen LogP contribution in [0.5, 0.6) is 0 Å². The fourth-order valence-corrected chi connectivity index (χ4v) is 5.06. The third kappa shape index (κ3) is 14.8. The van der Waals surface area contributed by atoms with Crippen LogP contribution in [-0.2, 0) is 20.8 Å². The van der Waals surface area contributed by atoms with Crippen molar-refractivity contribution in [1.29, 1.82) is 0 Å². The van der Waals surface area contributed by atoms with Crippen molar-refractivity contribution in [3.63, 3.8) is 0 Å². The Morgan fingerprint density at radius 2 is 1.40 bits per heavy atom. The van der Waals surface area contributed by atoms with Gasteiger partial charge in [-0.05, 0) is 43.5 Å². The summed E-state index contributed by atoms with van der Waals surface area (Å²) in [4.78, 5) is 35.6. The molecule has 0 aliphatic heterocycles. The van der Waals surface area contributed by atoms with E-state index in [-0.39, 0.29) is 30.1 Å². The highest BCUT2D eigenvalue weighted by Gasteiger charge is 2.22. The van der Waals surface area contributed by atoms with Gasteiger partial charge in [-0.2, -0.15) is 0 Å². The second kappa shape index (κ2) is 22.5. The molecule has 2 rings (SSSR count). The molecule has 0 aliphatic carbocycles. The monoisotopic (exact) mass is 632 g/mol. The zero-order chi connectivity index (χ0) is 32.9. The number of ether oxygens (including phenoxy) is 3. The SMILES string of the molecule is CCCC(CC)OCCN(CCOCCOCCN(CCO)C(CCC)c1cccc(C(=O)O)n1)Cc1cccc(C(=O)O)n1. The van der Waals surface area contributed by atoms with Gasteiger partial charge in [-0.1, -0.05) is 45.7 Å². The molecule has 2 atom stereocenters. The zero-order valence-corrected chi connectivity index (χ0v) is 27.1. The largest absolute Gasteiger partial charge is 0.477 e. The van der Waals surface area contributed by atoms with Gasteiger partial charge in [0.2, 0.25) is 0 Å². The predicted molar refractivity (Wildman–Crippen MR) is 171 cm³/mol. The van der Waals surface area contributed by atoms with E-state index in [4.69, 9.17) is 14.2 Å². The van der Waals surface area contributed by atoms with Crippen molar-refractivity contribution in [3.05, 3.63) is 59.2 Å². The maximum atomic E-state index is 11.4. The third-order valence-corrected chi connectivity index (χ3v) is 7.41. The van der Waals surface area contributed by atoms with Crippen LogP contribution in [0, 0.1) is 0 Å². The normalized spacial score (nSPS) is 12.9. The number of hydrogen-bond donors (Lipinski definition) is 3. The first-order chi connectivity index (χ1) is 21.8. The van der Waals surface area contributed by atoms with Crippen molar-refractivity contribution in [2.45, 2.75) is 71.6 Å². The van der Waals surface area contributed by atoms with E-state index in [2.05, 4.69) is 40.5 Å². The molecule has 2 unspecified atom stereocenters. The Morgan fingerprint density at radius 1 is 0.778 bits per heavy atom. The van der Waals surface area contributed by atoms with Gasteiger partial charge in [0.25, 0.3) is 0 Å². The van der Waals surface area contributed by atoms with Crippen LogP contribution in [0.2, 0.25) is 0 Å². The summed E-state index contributed by atoms with van der Waals surface area (Å²) in [5.41, 5.74) is 1.37. The van der Waals surface area contributed by atoms with Crippen LogP contribution in [-0.4, -0.2) is 119 Å². The zero-order valence-electron chi connectivity index (χ0n) is 27.1. The number of carboxylic acid groups (broad SMARTS) is 2. The molecule has 0 fully saturated rings. The van der Waals surface area contributed by atoms with Crippen LogP contribution in [0.15, 0.2) is 36.4 Å². The molecule has 0 saturated carbocycles. The van der Waals surface area contributed by atoms with Gasteiger partial charge in [-0.25, -0.2) is 19.6 Å². The minimum Gasteiger partial charge on any atom is -0.477 e. The number of hydrogen-bond acceptors (Lipinski definition) is 10. The lowest BCUT2D eigenvalue weighted by atomic mass is 10.0. The number of rotatable bonds is 26. The molecular weight excluding hydrogens is 580 g/mol. The lowest BCUT2D eigenvalue weighted by Gasteiger charge is -2.31. The summed E-state index contributed by atoms with van der Waals surface area (Å²) in [5, 5.41) is 28.3. The Hall–Kier alpha value is -3.00. The number of carboxylic acids is 2. The fraction of sp³-hybridized carbons (Fsp3) is 0.636. The van der Waals surface area contributed by atoms with Crippen molar-refractivity contribution in [2.24, 2.45) is 0 Å². The summed E-state index contributed by atoms with van der Waals surface area (Å²) in [5.74, 6) is -2.12. The molecule has 2 aromatic heterocycles. The standard InChI is InChI=1S/C33H52N4O8/c1-4-9-27(6-3)45-22-17-36(25-26-11-7-13-29(34-26)32(39)40)16-20-43-23-24-44-21-18-37(15-19-38)31(10-5-2)28-12-8-14-30(35-28)33(41)42/h7-8,11-14,27,31,38H,4-6,9-10,15-25H2,1-3H3,(H,39,40)(H,41,42). The topological polar surface area (TPSA) is 155 Å². The van der Waals surface area contributed by atoms with Crippen LogP contribution in [0.3, 0.4) is 0 Å². The molecule has 12 nitrogen and oxygen atoms in total. The van der Waals surface area contributed by atoms with E-state index in [0.29, 0.717) is 77.1 Å². The molecule has 2 heterocycles. The summed E-state index contributed by atoms with van der Waals surface area (Å²) in [6, 6.07) is 9.89. The lowest BCUT2D eigenvalue weighted by molar-refractivity contribution is 0.00988. The molecule has 0 spiro atoms. The first-order valence-corrected chi connectivity index (χ1v) is 16.1. The van der Waals surface area contributed by atoms with Gasteiger partial charge in [0.05, 0.1) is 63.2 Å². The molecule has 12 heteroatoms. The van der Waals surface area contributed by atoms with Gasteiger partial charge in [0.15, 0.2) is 0 Å². The number of aromatic nitrogens is 2. The van der Waals surface area contributed by atoms with E-state index in [1.165, 1.54) is 12.1 Å². The Kier molecular flexibility index (Phi) is 19.1. The number of aromatic carboxylic acids is 2. The summed E-state index contributed by atoms with van der Waals surface area (Å²) >= 11 is 0. The van der Waals surface area contributed by atoms with E-state index in [1.54, 1.807) is 12.1 Å². The van der Waals surface area contributed by atoms with Crippen LogP contribution < -0.4 is 0 Å². The van der Waals surface area contributed by atoms with E-state index >= 15 is 0 Å².